The number of carbonyl (C=O) groups is 2. The fourth-order valence-corrected chi connectivity index (χ4v) is 3.45. The lowest BCUT2D eigenvalue weighted by molar-refractivity contribution is -0.149. The Bertz CT molecular complexity index is 488. The quantitative estimate of drug-likeness (QED) is 0.528. The van der Waals surface area contributed by atoms with E-state index in [1.165, 1.54) is 6.42 Å². The van der Waals surface area contributed by atoms with Gasteiger partial charge in [0.1, 0.15) is 12.7 Å². The van der Waals surface area contributed by atoms with Gasteiger partial charge in [-0.15, -0.1) is 0 Å². The van der Waals surface area contributed by atoms with Crippen molar-refractivity contribution in [3.63, 3.8) is 0 Å². The topological polar surface area (TPSA) is 55.8 Å². The molecule has 0 radical (unpaired) electrons. The highest BCUT2D eigenvalue weighted by atomic mass is 16.5. The normalized spacial score (nSPS) is 26.8. The molecule has 2 fully saturated rings. The van der Waals surface area contributed by atoms with Crippen LogP contribution < -0.4 is 0 Å². The first kappa shape index (κ1) is 19.0. The predicted octanol–water partition coefficient (Wildman–Crippen LogP) is 2.94. The van der Waals surface area contributed by atoms with Gasteiger partial charge >= 0.3 is 11.9 Å². The lowest BCUT2D eigenvalue weighted by atomic mass is 9.94. The zero-order chi connectivity index (χ0) is 17.7. The summed E-state index contributed by atoms with van der Waals surface area (Å²) in [5.74, 6) is -0.328. The summed E-state index contributed by atoms with van der Waals surface area (Å²) in [5.41, 5.74) is 0.510. The minimum Gasteiger partial charge on any atom is -0.461 e. The second-order valence-electron chi connectivity index (χ2n) is 7.17. The first-order chi connectivity index (χ1) is 11.4. The zero-order valence-corrected chi connectivity index (χ0v) is 15.4. The van der Waals surface area contributed by atoms with E-state index < -0.39 is 0 Å². The Morgan fingerprint density at radius 3 is 2.71 bits per heavy atom. The SMILES string of the molecule is CC[C@@H](C)[C@@H](C)C(=O)OC/C=C(\C)C(=O)O[C@@H]1CCN2CCC[C@H]12. The number of fused-ring (bicyclic) bond motifs is 1. The summed E-state index contributed by atoms with van der Waals surface area (Å²) in [5, 5.41) is 0. The van der Waals surface area contributed by atoms with Gasteiger partial charge in [-0.05, 0) is 44.7 Å². The van der Waals surface area contributed by atoms with Gasteiger partial charge in [0.25, 0.3) is 0 Å². The molecule has 2 rings (SSSR count). The lowest BCUT2D eigenvalue weighted by Gasteiger charge is -2.20. The minimum absolute atomic E-state index is 0.0105. The Balaban J connectivity index is 1.76. The molecule has 0 aromatic heterocycles. The third-order valence-corrected chi connectivity index (χ3v) is 5.61. The highest BCUT2D eigenvalue weighted by molar-refractivity contribution is 5.88. The summed E-state index contributed by atoms with van der Waals surface area (Å²) in [7, 11) is 0. The van der Waals surface area contributed by atoms with Crippen LogP contribution >= 0.6 is 0 Å². The van der Waals surface area contributed by atoms with Crippen LogP contribution in [0.1, 0.15) is 53.4 Å². The first-order valence-electron chi connectivity index (χ1n) is 9.22. The molecule has 2 aliphatic rings. The summed E-state index contributed by atoms with van der Waals surface area (Å²) in [6.45, 7) is 9.97. The highest BCUT2D eigenvalue weighted by Crippen LogP contribution is 2.30. The Labute approximate surface area is 145 Å². The van der Waals surface area contributed by atoms with Crippen molar-refractivity contribution < 1.29 is 19.1 Å². The summed E-state index contributed by atoms with van der Waals surface area (Å²) < 4.78 is 10.9. The van der Waals surface area contributed by atoms with Crippen molar-refractivity contribution in [1.82, 2.24) is 4.90 Å². The maximum Gasteiger partial charge on any atom is 0.333 e. The smallest absolute Gasteiger partial charge is 0.333 e. The monoisotopic (exact) mass is 337 g/mol. The summed E-state index contributed by atoms with van der Waals surface area (Å²) >= 11 is 0. The molecule has 5 heteroatoms. The fourth-order valence-electron chi connectivity index (χ4n) is 3.45. The Hall–Kier alpha value is -1.36. The van der Waals surface area contributed by atoms with Crippen molar-refractivity contribution >= 4 is 11.9 Å². The molecule has 2 heterocycles. The second kappa shape index (κ2) is 8.65. The number of ether oxygens (including phenoxy) is 2. The molecule has 24 heavy (non-hydrogen) atoms. The third kappa shape index (κ3) is 4.59. The van der Waals surface area contributed by atoms with Gasteiger partial charge in [-0.1, -0.05) is 27.2 Å². The molecule has 4 atom stereocenters. The van der Waals surface area contributed by atoms with Crippen LogP contribution in [-0.4, -0.2) is 48.7 Å². The standard InChI is InChI=1S/C19H31NO4/c1-5-13(2)15(4)19(22)23-12-9-14(3)18(21)24-17-8-11-20-10-6-7-16(17)20/h9,13,15-17H,5-8,10-12H2,1-4H3/b14-9+/t13-,15-,16-,17-/m1/s1. The maximum atomic E-state index is 12.2. The number of hydrogen-bond acceptors (Lipinski definition) is 5. The van der Waals surface area contributed by atoms with E-state index in [0.29, 0.717) is 17.5 Å². The molecule has 0 aromatic rings. The molecule has 0 saturated carbocycles. The van der Waals surface area contributed by atoms with Crippen molar-refractivity contribution in [2.45, 2.75) is 65.5 Å². The third-order valence-electron chi connectivity index (χ3n) is 5.61. The van der Waals surface area contributed by atoms with Crippen LogP contribution in [0.3, 0.4) is 0 Å². The molecule has 0 bridgehead atoms. The van der Waals surface area contributed by atoms with E-state index in [1.807, 2.05) is 13.8 Å². The van der Waals surface area contributed by atoms with Crippen molar-refractivity contribution in [3.05, 3.63) is 11.6 Å². The summed E-state index contributed by atoms with van der Waals surface area (Å²) in [6, 6.07) is 0.399. The molecule has 136 valence electrons. The fraction of sp³-hybridized carbons (Fsp3) is 0.789. The van der Waals surface area contributed by atoms with E-state index in [4.69, 9.17) is 9.47 Å². The van der Waals surface area contributed by atoms with Gasteiger partial charge in [0.05, 0.1) is 5.92 Å². The average molecular weight is 337 g/mol. The largest absolute Gasteiger partial charge is 0.461 e. The molecule has 0 aromatic carbocycles. The van der Waals surface area contributed by atoms with Gasteiger partial charge in [0.2, 0.25) is 0 Å². The number of esters is 2. The van der Waals surface area contributed by atoms with E-state index in [1.54, 1.807) is 13.0 Å². The van der Waals surface area contributed by atoms with E-state index in [-0.39, 0.29) is 30.6 Å². The molecule has 0 aliphatic carbocycles. The van der Waals surface area contributed by atoms with Gasteiger partial charge in [-0.25, -0.2) is 4.79 Å². The Morgan fingerprint density at radius 2 is 2.00 bits per heavy atom. The summed E-state index contributed by atoms with van der Waals surface area (Å²) in [4.78, 5) is 26.5. The van der Waals surface area contributed by atoms with Crippen LogP contribution in [0.25, 0.3) is 0 Å². The van der Waals surface area contributed by atoms with Crippen molar-refractivity contribution in [1.29, 1.82) is 0 Å². The average Bonchev–Trinajstić information content (AvgIpc) is 3.18. The number of hydrogen-bond donors (Lipinski definition) is 0. The van der Waals surface area contributed by atoms with Crippen molar-refractivity contribution in [2.75, 3.05) is 19.7 Å². The molecule has 2 aliphatic heterocycles. The predicted molar refractivity (Wildman–Crippen MR) is 92.4 cm³/mol. The van der Waals surface area contributed by atoms with Crippen LogP contribution in [-0.2, 0) is 19.1 Å². The minimum atomic E-state index is -0.292. The van der Waals surface area contributed by atoms with Gasteiger partial charge in [0.15, 0.2) is 0 Å². The molecule has 0 unspecified atom stereocenters. The lowest BCUT2D eigenvalue weighted by Crippen LogP contribution is -2.32. The van der Waals surface area contributed by atoms with Crippen molar-refractivity contribution in [3.8, 4) is 0 Å². The molecule has 0 spiro atoms. The zero-order valence-electron chi connectivity index (χ0n) is 15.4. The molecule has 0 amide bonds. The van der Waals surface area contributed by atoms with E-state index in [2.05, 4.69) is 11.8 Å². The Morgan fingerprint density at radius 1 is 1.25 bits per heavy atom. The molecule has 5 nitrogen and oxygen atoms in total. The van der Waals surface area contributed by atoms with E-state index >= 15 is 0 Å². The first-order valence-corrected chi connectivity index (χ1v) is 9.22. The summed E-state index contributed by atoms with van der Waals surface area (Å²) in [6.07, 6.45) is 5.83. The number of rotatable bonds is 7. The molecular weight excluding hydrogens is 306 g/mol. The highest BCUT2D eigenvalue weighted by Gasteiger charge is 2.39. The second-order valence-corrected chi connectivity index (χ2v) is 7.17. The molecular formula is C19H31NO4. The van der Waals surface area contributed by atoms with Crippen LogP contribution in [0.4, 0.5) is 0 Å². The Kier molecular flexibility index (Phi) is 6.84. The molecule has 2 saturated heterocycles. The van der Waals surface area contributed by atoms with E-state index in [0.717, 1.165) is 32.4 Å². The van der Waals surface area contributed by atoms with Crippen LogP contribution in [0.15, 0.2) is 11.6 Å². The maximum absolute atomic E-state index is 12.2. The van der Waals surface area contributed by atoms with Gasteiger partial charge in [-0.2, -0.15) is 0 Å². The number of nitrogens with zero attached hydrogens (tertiary/aromatic N) is 1. The van der Waals surface area contributed by atoms with Gasteiger partial charge in [-0.3, -0.25) is 9.69 Å². The number of carbonyl (C=O) groups excluding carboxylic acids is 2. The van der Waals surface area contributed by atoms with Crippen LogP contribution in [0, 0.1) is 11.8 Å². The van der Waals surface area contributed by atoms with Gasteiger partial charge < -0.3 is 9.47 Å². The van der Waals surface area contributed by atoms with Crippen LogP contribution in [0.5, 0.6) is 0 Å². The van der Waals surface area contributed by atoms with Crippen LogP contribution in [0.2, 0.25) is 0 Å². The van der Waals surface area contributed by atoms with Gasteiger partial charge in [0, 0.05) is 18.2 Å². The van der Waals surface area contributed by atoms with Crippen molar-refractivity contribution in [2.24, 2.45) is 11.8 Å². The van der Waals surface area contributed by atoms with E-state index in [9.17, 15) is 9.59 Å². The molecule has 0 N–H and O–H groups in total.